The van der Waals surface area contributed by atoms with Crippen molar-refractivity contribution in [3.63, 3.8) is 0 Å². The van der Waals surface area contributed by atoms with Gasteiger partial charge >= 0.3 is 0 Å². The molecule has 0 saturated carbocycles. The summed E-state index contributed by atoms with van der Waals surface area (Å²) in [6.07, 6.45) is 1.96. The van der Waals surface area contributed by atoms with E-state index in [0.29, 0.717) is 45.1 Å². The lowest BCUT2D eigenvalue weighted by Crippen LogP contribution is -2.40. The van der Waals surface area contributed by atoms with Gasteiger partial charge in [0.1, 0.15) is 0 Å². The Labute approximate surface area is 194 Å². The molecule has 1 aliphatic heterocycles. The Morgan fingerprint density at radius 2 is 1.79 bits per heavy atom. The number of hydrogen-bond donors (Lipinski definition) is 0. The Morgan fingerprint density at radius 1 is 1.09 bits per heavy atom. The number of para-hydroxylation sites is 1. The third-order valence-corrected chi connectivity index (χ3v) is 7.83. The lowest BCUT2D eigenvalue weighted by atomic mass is 10.2. The van der Waals surface area contributed by atoms with Gasteiger partial charge in [0.25, 0.3) is 5.91 Å². The summed E-state index contributed by atoms with van der Waals surface area (Å²) in [6, 6.07) is 14.6. The number of morpholine rings is 1. The van der Waals surface area contributed by atoms with Crippen molar-refractivity contribution in [3.05, 3.63) is 59.8 Å². The van der Waals surface area contributed by atoms with E-state index < -0.39 is 10.0 Å². The lowest BCUT2D eigenvalue weighted by Gasteiger charge is -2.26. The summed E-state index contributed by atoms with van der Waals surface area (Å²) in [7, 11) is -1.73. The molecule has 0 spiro atoms. The van der Waals surface area contributed by atoms with E-state index in [1.54, 1.807) is 36.2 Å². The number of ether oxygens (including phenoxy) is 1. The minimum atomic E-state index is -3.53. The van der Waals surface area contributed by atoms with Gasteiger partial charge in [-0.2, -0.15) is 9.40 Å². The van der Waals surface area contributed by atoms with Gasteiger partial charge in [0.15, 0.2) is 5.69 Å². The summed E-state index contributed by atoms with van der Waals surface area (Å²) in [4.78, 5) is 15.0. The highest BCUT2D eigenvalue weighted by atomic mass is 32.2. The lowest BCUT2D eigenvalue weighted by molar-refractivity contribution is 0.0730. The molecule has 4 rings (SSSR count). The first kappa shape index (κ1) is 23.4. The van der Waals surface area contributed by atoms with Crippen LogP contribution in [0.3, 0.4) is 0 Å². The monoisotopic (exact) mass is 470 g/mol. The number of carbonyl (C=O) groups is 1. The van der Waals surface area contributed by atoms with Crippen LogP contribution in [-0.4, -0.2) is 73.2 Å². The summed E-state index contributed by atoms with van der Waals surface area (Å²) >= 11 is 0. The van der Waals surface area contributed by atoms with Gasteiger partial charge < -0.3 is 9.64 Å². The van der Waals surface area contributed by atoms with Crippen molar-refractivity contribution in [1.82, 2.24) is 19.0 Å². The van der Waals surface area contributed by atoms with Crippen molar-refractivity contribution < 1.29 is 17.9 Å². The molecule has 1 saturated heterocycles. The maximum Gasteiger partial charge on any atom is 0.274 e. The fraction of sp³-hybridized carbons (Fsp3) is 0.417. The second kappa shape index (κ2) is 10.0. The molecule has 33 heavy (non-hydrogen) atoms. The summed E-state index contributed by atoms with van der Waals surface area (Å²) in [5, 5.41) is 5.46. The summed E-state index contributed by atoms with van der Waals surface area (Å²) in [6.45, 7) is 4.79. The Hall–Kier alpha value is -2.75. The molecule has 176 valence electrons. The van der Waals surface area contributed by atoms with Gasteiger partial charge in [-0.3, -0.25) is 9.48 Å². The topological polar surface area (TPSA) is 84.7 Å². The molecule has 0 bridgehead atoms. The van der Waals surface area contributed by atoms with E-state index in [1.165, 1.54) is 4.31 Å². The number of amides is 1. The molecule has 1 aromatic heterocycles. The highest BCUT2D eigenvalue weighted by Crippen LogP contribution is 2.22. The molecule has 0 atom stereocenters. The minimum Gasteiger partial charge on any atom is -0.379 e. The molecule has 1 aliphatic rings. The average molecular weight is 471 g/mol. The van der Waals surface area contributed by atoms with E-state index in [0.717, 1.165) is 29.3 Å². The molecule has 1 amide bonds. The fourth-order valence-electron chi connectivity index (χ4n) is 3.96. The number of carbonyl (C=O) groups excluding carboxylic acids is 1. The van der Waals surface area contributed by atoms with Crippen LogP contribution in [0.1, 0.15) is 35.8 Å². The Bertz CT molecular complexity index is 1210. The smallest absolute Gasteiger partial charge is 0.274 e. The van der Waals surface area contributed by atoms with Crippen molar-refractivity contribution in [2.45, 2.75) is 31.2 Å². The van der Waals surface area contributed by atoms with Crippen LogP contribution in [0, 0.1) is 0 Å². The molecule has 2 aromatic carbocycles. The molecule has 0 N–H and O–H groups in total. The van der Waals surface area contributed by atoms with E-state index in [4.69, 9.17) is 4.74 Å². The fourth-order valence-corrected chi connectivity index (χ4v) is 5.37. The number of rotatable bonds is 8. The normalized spacial score (nSPS) is 15.1. The summed E-state index contributed by atoms with van der Waals surface area (Å²) in [5.74, 6) is -0.0923. The molecular weight excluding hydrogens is 440 g/mol. The largest absolute Gasteiger partial charge is 0.379 e. The molecule has 1 fully saturated rings. The Kier molecular flexibility index (Phi) is 7.11. The van der Waals surface area contributed by atoms with Crippen molar-refractivity contribution >= 4 is 26.8 Å². The van der Waals surface area contributed by atoms with Crippen LogP contribution in [-0.2, 0) is 21.3 Å². The molecule has 0 aliphatic carbocycles. The highest BCUT2D eigenvalue weighted by molar-refractivity contribution is 7.89. The van der Waals surface area contributed by atoms with E-state index in [9.17, 15) is 13.2 Å². The SMILES string of the molecule is CCCCN(C)C(=O)c1nn(Cc2ccc(S(=O)(=O)N3CCOCC3)cc2)c2ccccc12. The first-order chi connectivity index (χ1) is 15.9. The molecule has 0 unspecified atom stereocenters. The second-order valence-corrected chi connectivity index (χ2v) is 10.2. The van der Waals surface area contributed by atoms with Crippen LogP contribution >= 0.6 is 0 Å². The van der Waals surface area contributed by atoms with Gasteiger partial charge in [-0.15, -0.1) is 0 Å². The third-order valence-electron chi connectivity index (χ3n) is 5.92. The number of benzene rings is 2. The Morgan fingerprint density at radius 3 is 2.48 bits per heavy atom. The summed E-state index contributed by atoms with van der Waals surface area (Å²) < 4.78 is 34.2. The minimum absolute atomic E-state index is 0.0923. The van der Waals surface area contributed by atoms with Gasteiger partial charge in [-0.1, -0.05) is 43.7 Å². The van der Waals surface area contributed by atoms with Crippen LogP contribution in [0.4, 0.5) is 0 Å². The number of hydrogen-bond acceptors (Lipinski definition) is 5. The van der Waals surface area contributed by atoms with Gasteiger partial charge in [0.05, 0.1) is 30.2 Å². The van der Waals surface area contributed by atoms with E-state index >= 15 is 0 Å². The quantitative estimate of drug-likeness (QED) is 0.505. The number of fused-ring (bicyclic) bond motifs is 1. The zero-order chi connectivity index (χ0) is 23.4. The van der Waals surface area contributed by atoms with Crippen LogP contribution in [0.15, 0.2) is 53.4 Å². The van der Waals surface area contributed by atoms with Crippen molar-refractivity contribution in [1.29, 1.82) is 0 Å². The molecule has 0 radical (unpaired) electrons. The first-order valence-electron chi connectivity index (χ1n) is 11.3. The van der Waals surface area contributed by atoms with Gasteiger partial charge in [0, 0.05) is 32.1 Å². The number of unbranched alkanes of at least 4 members (excludes halogenated alkanes) is 1. The molecule has 9 heteroatoms. The standard InChI is InChI=1S/C24H30N4O4S/c1-3-4-13-26(2)24(29)23-21-7-5-6-8-22(21)28(25-23)18-19-9-11-20(12-10-19)33(30,31)27-14-16-32-17-15-27/h5-12H,3-4,13-18H2,1-2H3. The molecule has 8 nitrogen and oxygen atoms in total. The van der Waals surface area contributed by atoms with Crippen molar-refractivity contribution in [2.24, 2.45) is 0 Å². The first-order valence-corrected chi connectivity index (χ1v) is 12.7. The average Bonchev–Trinajstić information content (AvgIpc) is 3.21. The zero-order valence-corrected chi connectivity index (χ0v) is 19.9. The number of aromatic nitrogens is 2. The predicted octanol–water partition coefficient (Wildman–Crippen LogP) is 2.98. The van der Waals surface area contributed by atoms with Gasteiger partial charge in [-0.25, -0.2) is 8.42 Å². The third kappa shape index (κ3) is 4.95. The number of nitrogens with zero attached hydrogens (tertiary/aromatic N) is 4. The summed E-state index contributed by atoms with van der Waals surface area (Å²) in [5.41, 5.74) is 2.22. The van der Waals surface area contributed by atoms with E-state index in [-0.39, 0.29) is 10.8 Å². The van der Waals surface area contributed by atoms with Crippen LogP contribution in [0.25, 0.3) is 10.9 Å². The van der Waals surface area contributed by atoms with Gasteiger partial charge in [0.2, 0.25) is 10.0 Å². The highest BCUT2D eigenvalue weighted by Gasteiger charge is 2.26. The predicted molar refractivity (Wildman–Crippen MR) is 127 cm³/mol. The number of sulfonamides is 1. The van der Waals surface area contributed by atoms with Crippen LogP contribution < -0.4 is 0 Å². The van der Waals surface area contributed by atoms with E-state index in [1.807, 2.05) is 28.9 Å². The molecule has 3 aromatic rings. The van der Waals surface area contributed by atoms with Gasteiger partial charge in [-0.05, 0) is 30.2 Å². The van der Waals surface area contributed by atoms with Crippen LogP contribution in [0.5, 0.6) is 0 Å². The Balaban J connectivity index is 1.57. The zero-order valence-electron chi connectivity index (χ0n) is 19.1. The maximum absolute atomic E-state index is 13.0. The second-order valence-electron chi connectivity index (χ2n) is 8.26. The molecule has 2 heterocycles. The molecular formula is C24H30N4O4S. The van der Waals surface area contributed by atoms with Crippen LogP contribution in [0.2, 0.25) is 0 Å². The van der Waals surface area contributed by atoms with E-state index in [2.05, 4.69) is 12.0 Å². The maximum atomic E-state index is 13.0. The van der Waals surface area contributed by atoms with Crippen molar-refractivity contribution in [3.8, 4) is 0 Å². The van der Waals surface area contributed by atoms with Crippen molar-refractivity contribution in [2.75, 3.05) is 39.9 Å².